The fraction of sp³-hybridized carbons (Fsp3) is 0.154. The van der Waals surface area contributed by atoms with E-state index in [1.807, 2.05) is 37.3 Å². The van der Waals surface area contributed by atoms with Crippen molar-refractivity contribution in [3.63, 3.8) is 0 Å². The molecule has 5 heteroatoms. The predicted molar refractivity (Wildman–Crippen MR) is 73.2 cm³/mol. The van der Waals surface area contributed by atoms with Crippen LogP contribution >= 0.6 is 11.6 Å². The molecule has 0 saturated carbocycles. The van der Waals surface area contributed by atoms with Gasteiger partial charge in [-0.2, -0.15) is 0 Å². The van der Waals surface area contributed by atoms with Gasteiger partial charge in [-0.25, -0.2) is 4.98 Å². The molecule has 18 heavy (non-hydrogen) atoms. The average molecular weight is 262 g/mol. The molecule has 92 valence electrons. The molecule has 0 fully saturated rings. The maximum atomic E-state index is 10.7. The van der Waals surface area contributed by atoms with Gasteiger partial charge in [-0.1, -0.05) is 41.9 Å². The van der Waals surface area contributed by atoms with Crippen LogP contribution in [0.25, 0.3) is 0 Å². The maximum absolute atomic E-state index is 10.7. The van der Waals surface area contributed by atoms with Gasteiger partial charge in [0.2, 0.25) is 0 Å². The minimum atomic E-state index is 0.0465. The van der Waals surface area contributed by atoms with Crippen LogP contribution in [0.1, 0.15) is 18.5 Å². The minimum Gasteiger partial charge on any atom is -0.377 e. The summed E-state index contributed by atoms with van der Waals surface area (Å²) < 4.78 is 0. The van der Waals surface area contributed by atoms with Crippen LogP contribution in [-0.4, -0.2) is 4.98 Å². The Bertz CT molecular complexity index is 545. The summed E-state index contributed by atoms with van der Waals surface area (Å²) in [5.41, 5.74) is 1.95. The van der Waals surface area contributed by atoms with Crippen LogP contribution in [0.2, 0.25) is 5.15 Å². The Balaban J connectivity index is 2.24. The Morgan fingerprint density at radius 2 is 2.06 bits per heavy atom. The predicted octanol–water partition coefficient (Wildman–Crippen LogP) is 4.31. The van der Waals surface area contributed by atoms with Crippen LogP contribution in [0.5, 0.6) is 0 Å². The fourth-order valence-electron chi connectivity index (χ4n) is 1.67. The Hall–Kier alpha value is -1.94. The highest BCUT2D eigenvalue weighted by Gasteiger charge is 2.09. The molecular formula is C13H12ClN3O. The molecule has 1 atom stereocenters. The number of nitroso groups, excluding NO2 is 1. The van der Waals surface area contributed by atoms with Crippen molar-refractivity contribution < 1.29 is 0 Å². The third kappa shape index (κ3) is 2.84. The second-order valence-electron chi connectivity index (χ2n) is 3.89. The zero-order valence-electron chi connectivity index (χ0n) is 9.80. The summed E-state index contributed by atoms with van der Waals surface area (Å²) in [4.78, 5) is 14.5. The summed E-state index contributed by atoms with van der Waals surface area (Å²) in [6.07, 6.45) is 1.36. The van der Waals surface area contributed by atoms with Crippen molar-refractivity contribution in [2.75, 3.05) is 5.32 Å². The first-order valence-electron chi connectivity index (χ1n) is 5.51. The zero-order chi connectivity index (χ0) is 13.0. The number of benzene rings is 1. The first kappa shape index (κ1) is 12.5. The van der Waals surface area contributed by atoms with E-state index in [1.165, 1.54) is 6.20 Å². The Morgan fingerprint density at radius 3 is 2.72 bits per heavy atom. The van der Waals surface area contributed by atoms with Crippen LogP contribution in [0.3, 0.4) is 0 Å². The van der Waals surface area contributed by atoms with Gasteiger partial charge in [0.1, 0.15) is 10.8 Å². The fourth-order valence-corrected chi connectivity index (χ4v) is 1.83. The highest BCUT2D eigenvalue weighted by Crippen LogP contribution is 2.29. The van der Waals surface area contributed by atoms with Crippen LogP contribution in [0.15, 0.2) is 47.8 Å². The summed E-state index contributed by atoms with van der Waals surface area (Å²) in [7, 11) is 0. The second kappa shape index (κ2) is 5.60. The van der Waals surface area contributed by atoms with E-state index in [1.54, 1.807) is 6.07 Å². The number of hydrogen-bond donors (Lipinski definition) is 1. The molecule has 1 heterocycles. The van der Waals surface area contributed by atoms with E-state index >= 15 is 0 Å². The van der Waals surface area contributed by atoms with Crippen molar-refractivity contribution in [1.82, 2.24) is 4.98 Å². The van der Waals surface area contributed by atoms with Crippen molar-refractivity contribution in [3.8, 4) is 0 Å². The Labute approximate surface area is 110 Å². The summed E-state index contributed by atoms with van der Waals surface area (Å²) in [6.45, 7) is 2.00. The average Bonchev–Trinajstić information content (AvgIpc) is 2.40. The van der Waals surface area contributed by atoms with Gasteiger partial charge in [0.05, 0.1) is 11.9 Å². The quantitative estimate of drug-likeness (QED) is 0.659. The zero-order valence-corrected chi connectivity index (χ0v) is 10.6. The number of halogens is 1. The molecule has 4 nitrogen and oxygen atoms in total. The minimum absolute atomic E-state index is 0.0465. The molecule has 1 aromatic heterocycles. The molecular weight excluding hydrogens is 250 g/mol. The van der Waals surface area contributed by atoms with Gasteiger partial charge in [0, 0.05) is 12.1 Å². The van der Waals surface area contributed by atoms with Gasteiger partial charge in [-0.3, -0.25) is 0 Å². The number of pyridine rings is 1. The molecule has 0 unspecified atom stereocenters. The van der Waals surface area contributed by atoms with Crippen LogP contribution in [0, 0.1) is 4.91 Å². The second-order valence-corrected chi connectivity index (χ2v) is 4.28. The molecule has 1 aromatic carbocycles. The lowest BCUT2D eigenvalue weighted by Crippen LogP contribution is -2.06. The van der Waals surface area contributed by atoms with Gasteiger partial charge in [0.15, 0.2) is 0 Å². The molecule has 0 bridgehead atoms. The number of nitrogens with zero attached hydrogens (tertiary/aromatic N) is 2. The lowest BCUT2D eigenvalue weighted by atomic mass is 10.1. The molecule has 0 amide bonds. The van der Waals surface area contributed by atoms with Crippen molar-refractivity contribution in [1.29, 1.82) is 0 Å². The number of rotatable bonds is 4. The SMILES string of the molecule is C[C@H](Nc1cc(Cl)ncc1N=O)c1ccccc1. The molecule has 0 aliphatic heterocycles. The van der Waals surface area contributed by atoms with Crippen molar-refractivity contribution in [2.24, 2.45) is 5.18 Å². The summed E-state index contributed by atoms with van der Waals surface area (Å²) in [5.74, 6) is 0. The van der Waals surface area contributed by atoms with E-state index in [0.717, 1.165) is 5.56 Å². The first-order chi connectivity index (χ1) is 8.70. The molecule has 0 aliphatic carbocycles. The van der Waals surface area contributed by atoms with E-state index < -0.39 is 0 Å². The van der Waals surface area contributed by atoms with Crippen molar-refractivity contribution >= 4 is 23.0 Å². The topological polar surface area (TPSA) is 54.4 Å². The largest absolute Gasteiger partial charge is 0.377 e. The van der Waals surface area contributed by atoms with Gasteiger partial charge in [-0.15, -0.1) is 4.91 Å². The molecule has 0 radical (unpaired) electrons. The number of aromatic nitrogens is 1. The van der Waals surface area contributed by atoms with Crippen LogP contribution in [-0.2, 0) is 0 Å². The van der Waals surface area contributed by atoms with Gasteiger partial charge >= 0.3 is 0 Å². The van der Waals surface area contributed by atoms with Gasteiger partial charge in [0.25, 0.3) is 0 Å². The third-order valence-electron chi connectivity index (χ3n) is 2.62. The maximum Gasteiger partial charge on any atom is 0.149 e. The van der Waals surface area contributed by atoms with Crippen molar-refractivity contribution in [3.05, 3.63) is 58.2 Å². The summed E-state index contributed by atoms with van der Waals surface area (Å²) in [5, 5.41) is 6.45. The Kier molecular flexibility index (Phi) is 3.89. The molecule has 2 aromatic rings. The van der Waals surface area contributed by atoms with Crippen LogP contribution in [0.4, 0.5) is 11.4 Å². The Morgan fingerprint density at radius 1 is 1.33 bits per heavy atom. The van der Waals surface area contributed by atoms with E-state index in [4.69, 9.17) is 11.6 Å². The van der Waals surface area contributed by atoms with Gasteiger partial charge in [-0.05, 0) is 17.7 Å². The summed E-state index contributed by atoms with van der Waals surface area (Å²) >= 11 is 5.81. The molecule has 2 rings (SSSR count). The van der Waals surface area contributed by atoms with E-state index in [9.17, 15) is 4.91 Å². The molecule has 0 spiro atoms. The van der Waals surface area contributed by atoms with E-state index in [0.29, 0.717) is 10.8 Å². The van der Waals surface area contributed by atoms with E-state index in [-0.39, 0.29) is 11.7 Å². The van der Waals surface area contributed by atoms with Gasteiger partial charge < -0.3 is 5.32 Å². The lowest BCUT2D eigenvalue weighted by molar-refractivity contribution is 0.884. The number of anilines is 1. The molecule has 1 N–H and O–H groups in total. The lowest BCUT2D eigenvalue weighted by Gasteiger charge is -2.16. The normalized spacial score (nSPS) is 11.9. The first-order valence-corrected chi connectivity index (χ1v) is 5.89. The summed E-state index contributed by atoms with van der Waals surface area (Å²) in [6, 6.07) is 11.5. The van der Waals surface area contributed by atoms with Crippen molar-refractivity contribution in [2.45, 2.75) is 13.0 Å². The smallest absolute Gasteiger partial charge is 0.149 e. The number of hydrogen-bond acceptors (Lipinski definition) is 4. The third-order valence-corrected chi connectivity index (χ3v) is 2.83. The standard InChI is InChI=1S/C13H12ClN3O/c1-9(10-5-3-2-4-6-10)16-11-7-13(14)15-8-12(11)17-18/h2-9H,1H3,(H,15,16)/t9-/m0/s1. The monoisotopic (exact) mass is 261 g/mol. The molecule has 0 saturated heterocycles. The highest BCUT2D eigenvalue weighted by molar-refractivity contribution is 6.29. The number of nitrogens with one attached hydrogen (secondary N) is 1. The molecule has 0 aliphatic rings. The van der Waals surface area contributed by atoms with E-state index in [2.05, 4.69) is 15.5 Å². The van der Waals surface area contributed by atoms with Crippen LogP contribution < -0.4 is 5.32 Å². The highest BCUT2D eigenvalue weighted by atomic mass is 35.5.